The summed E-state index contributed by atoms with van der Waals surface area (Å²) >= 11 is 0. The Morgan fingerprint density at radius 2 is 1.35 bits per heavy atom. The van der Waals surface area contributed by atoms with Crippen molar-refractivity contribution in [1.29, 1.82) is 0 Å². The third kappa shape index (κ3) is 4.98. The molecule has 2 aliphatic heterocycles. The van der Waals surface area contributed by atoms with Gasteiger partial charge in [0.2, 0.25) is 0 Å². The molecular formula is C24H30S2+2. The maximum absolute atomic E-state index is 2.50. The SMILES string of the molecule is C(=C\c1cc(C[S+]2CCCC2)ccc1C[S+]1CCCC1)/c1ccccc1. The monoisotopic (exact) mass is 382 g/mol. The zero-order valence-electron chi connectivity index (χ0n) is 15.7. The predicted octanol–water partition coefficient (Wildman–Crippen LogP) is 5.68. The maximum atomic E-state index is 2.50. The number of hydrogen-bond acceptors (Lipinski definition) is 0. The Morgan fingerprint density at radius 3 is 2.04 bits per heavy atom. The van der Waals surface area contributed by atoms with Crippen molar-refractivity contribution in [2.75, 3.05) is 23.0 Å². The number of hydrogen-bond donors (Lipinski definition) is 0. The third-order valence-electron chi connectivity index (χ3n) is 5.43. The first kappa shape index (κ1) is 18.3. The first-order chi connectivity index (χ1) is 12.9. The molecule has 0 spiro atoms. The molecule has 0 aliphatic carbocycles. The quantitative estimate of drug-likeness (QED) is 0.445. The fourth-order valence-electron chi connectivity index (χ4n) is 3.94. The van der Waals surface area contributed by atoms with E-state index in [4.69, 9.17) is 0 Å². The summed E-state index contributed by atoms with van der Waals surface area (Å²) in [6, 6.07) is 18.1. The minimum absolute atomic E-state index is 0.621. The molecule has 0 nitrogen and oxygen atoms in total. The van der Waals surface area contributed by atoms with Crippen LogP contribution in [0.2, 0.25) is 0 Å². The van der Waals surface area contributed by atoms with E-state index in [1.807, 2.05) is 0 Å². The molecule has 2 aliphatic rings. The van der Waals surface area contributed by atoms with Crippen molar-refractivity contribution in [1.82, 2.24) is 0 Å². The Hall–Kier alpha value is -1.12. The lowest BCUT2D eigenvalue weighted by atomic mass is 10.0. The molecule has 0 aromatic heterocycles. The summed E-state index contributed by atoms with van der Waals surface area (Å²) in [4.78, 5) is 0. The Morgan fingerprint density at radius 1 is 0.692 bits per heavy atom. The molecular weight excluding hydrogens is 352 g/mol. The standard InChI is InChI=1S/C24H30S2/c1-2-8-21(9-3-1)10-12-23-18-22(19-25-14-4-5-15-25)11-13-24(23)20-26-16-6-7-17-26/h1-3,8-13,18H,4-7,14-17,19-20H2/q+2/b12-10+. The summed E-state index contributed by atoms with van der Waals surface area (Å²) in [5.74, 6) is 8.42. The molecule has 2 heterocycles. The predicted molar refractivity (Wildman–Crippen MR) is 122 cm³/mol. The van der Waals surface area contributed by atoms with Crippen LogP contribution in [0.1, 0.15) is 47.9 Å². The van der Waals surface area contributed by atoms with Gasteiger partial charge in [-0.2, -0.15) is 0 Å². The van der Waals surface area contributed by atoms with Gasteiger partial charge in [-0.25, -0.2) is 0 Å². The molecule has 0 radical (unpaired) electrons. The second-order valence-electron chi connectivity index (χ2n) is 7.52. The number of benzene rings is 2. The average molecular weight is 383 g/mol. The molecule has 0 unspecified atom stereocenters. The van der Waals surface area contributed by atoms with E-state index in [-0.39, 0.29) is 0 Å². The molecule has 0 saturated carbocycles. The second-order valence-corrected chi connectivity index (χ2v) is 12.2. The lowest BCUT2D eigenvalue weighted by Gasteiger charge is -2.09. The molecule has 2 fully saturated rings. The van der Waals surface area contributed by atoms with Gasteiger partial charge in [-0.15, -0.1) is 0 Å². The first-order valence-corrected chi connectivity index (χ1v) is 13.5. The van der Waals surface area contributed by atoms with E-state index in [1.54, 1.807) is 11.1 Å². The normalized spacial score (nSPS) is 18.9. The van der Waals surface area contributed by atoms with Gasteiger partial charge in [-0.05, 0) is 64.7 Å². The highest BCUT2D eigenvalue weighted by Gasteiger charge is 2.26. The Bertz CT molecular complexity index is 723. The van der Waals surface area contributed by atoms with Crippen molar-refractivity contribution in [2.24, 2.45) is 0 Å². The van der Waals surface area contributed by atoms with Gasteiger partial charge in [0, 0.05) is 11.1 Å². The van der Waals surface area contributed by atoms with Crippen LogP contribution in [0.15, 0.2) is 48.5 Å². The van der Waals surface area contributed by atoms with Crippen molar-refractivity contribution in [2.45, 2.75) is 37.2 Å². The minimum Gasteiger partial charge on any atom is -0.0622 e. The van der Waals surface area contributed by atoms with E-state index in [0.717, 1.165) is 0 Å². The molecule has 0 atom stereocenters. The molecule has 0 bridgehead atoms. The van der Waals surface area contributed by atoms with Crippen LogP contribution in [0.3, 0.4) is 0 Å². The summed E-state index contributed by atoms with van der Waals surface area (Å²) in [5.41, 5.74) is 5.89. The van der Waals surface area contributed by atoms with E-state index >= 15 is 0 Å². The summed E-state index contributed by atoms with van der Waals surface area (Å²) in [6.45, 7) is 0. The van der Waals surface area contributed by atoms with Crippen LogP contribution in [-0.2, 0) is 33.3 Å². The lowest BCUT2D eigenvalue weighted by molar-refractivity contribution is 0.949. The van der Waals surface area contributed by atoms with Crippen LogP contribution >= 0.6 is 0 Å². The lowest BCUT2D eigenvalue weighted by Crippen LogP contribution is -2.09. The first-order valence-electron chi connectivity index (χ1n) is 10.00. The topological polar surface area (TPSA) is 0 Å². The van der Waals surface area contributed by atoms with Crippen LogP contribution in [0.4, 0.5) is 0 Å². The van der Waals surface area contributed by atoms with E-state index in [1.165, 1.54) is 71.3 Å². The summed E-state index contributed by atoms with van der Waals surface area (Å²) in [6.07, 6.45) is 10.4. The van der Waals surface area contributed by atoms with Crippen LogP contribution in [0, 0.1) is 0 Å². The molecule has 2 saturated heterocycles. The molecule has 26 heavy (non-hydrogen) atoms. The fraction of sp³-hybridized carbons (Fsp3) is 0.417. The molecule has 136 valence electrons. The summed E-state index contributed by atoms with van der Waals surface area (Å²) in [7, 11) is 1.26. The molecule has 4 rings (SSSR count). The van der Waals surface area contributed by atoms with E-state index < -0.39 is 0 Å². The van der Waals surface area contributed by atoms with E-state index in [2.05, 4.69) is 60.7 Å². The Kier molecular flexibility index (Phi) is 6.45. The van der Waals surface area contributed by atoms with Crippen LogP contribution < -0.4 is 0 Å². The van der Waals surface area contributed by atoms with Crippen LogP contribution in [0.5, 0.6) is 0 Å². The van der Waals surface area contributed by atoms with Crippen LogP contribution in [0.25, 0.3) is 12.2 Å². The largest absolute Gasteiger partial charge is 0.133 e. The zero-order valence-corrected chi connectivity index (χ0v) is 17.3. The highest BCUT2D eigenvalue weighted by molar-refractivity contribution is 7.96. The highest BCUT2D eigenvalue weighted by Crippen LogP contribution is 2.25. The van der Waals surface area contributed by atoms with Crippen molar-refractivity contribution >= 4 is 33.9 Å². The molecule has 0 amide bonds. The van der Waals surface area contributed by atoms with Gasteiger partial charge in [-0.1, -0.05) is 54.6 Å². The maximum Gasteiger partial charge on any atom is 0.133 e. The number of rotatable bonds is 6. The second kappa shape index (κ2) is 9.19. The van der Waals surface area contributed by atoms with Crippen molar-refractivity contribution < 1.29 is 0 Å². The van der Waals surface area contributed by atoms with Crippen molar-refractivity contribution in [3.63, 3.8) is 0 Å². The van der Waals surface area contributed by atoms with Crippen LogP contribution in [-0.4, -0.2) is 23.0 Å². The van der Waals surface area contributed by atoms with Gasteiger partial charge in [-0.3, -0.25) is 0 Å². The molecule has 2 heteroatoms. The minimum atomic E-state index is 0.621. The Labute approximate surface area is 164 Å². The van der Waals surface area contributed by atoms with Gasteiger partial charge in [0.05, 0.1) is 0 Å². The molecule has 2 aromatic carbocycles. The third-order valence-corrected chi connectivity index (χ3v) is 10.4. The van der Waals surface area contributed by atoms with Gasteiger partial charge >= 0.3 is 0 Å². The average Bonchev–Trinajstić information content (AvgIpc) is 3.37. The summed E-state index contributed by atoms with van der Waals surface area (Å²) < 4.78 is 0. The van der Waals surface area contributed by atoms with E-state index in [0.29, 0.717) is 21.8 Å². The fourth-order valence-corrected chi connectivity index (χ4v) is 8.73. The highest BCUT2D eigenvalue weighted by atomic mass is 32.2. The van der Waals surface area contributed by atoms with Gasteiger partial charge < -0.3 is 0 Å². The van der Waals surface area contributed by atoms with Gasteiger partial charge in [0.25, 0.3) is 0 Å². The van der Waals surface area contributed by atoms with Crippen molar-refractivity contribution in [3.05, 3.63) is 70.8 Å². The van der Waals surface area contributed by atoms with Gasteiger partial charge in [0.1, 0.15) is 34.5 Å². The molecule has 2 aromatic rings. The summed E-state index contributed by atoms with van der Waals surface area (Å²) in [5, 5.41) is 0. The molecule has 0 N–H and O–H groups in total. The van der Waals surface area contributed by atoms with Gasteiger partial charge in [0.15, 0.2) is 0 Å². The van der Waals surface area contributed by atoms with Crippen molar-refractivity contribution in [3.8, 4) is 0 Å². The smallest absolute Gasteiger partial charge is 0.0622 e. The zero-order chi connectivity index (χ0) is 17.6. The Balaban J connectivity index is 1.56. The van der Waals surface area contributed by atoms with E-state index in [9.17, 15) is 0 Å².